The number of para-hydroxylation sites is 1. The van der Waals surface area contributed by atoms with Crippen LogP contribution in [0.15, 0.2) is 48.5 Å². The van der Waals surface area contributed by atoms with Gasteiger partial charge in [-0.2, -0.15) is 0 Å². The van der Waals surface area contributed by atoms with Crippen molar-refractivity contribution in [3.63, 3.8) is 0 Å². The van der Waals surface area contributed by atoms with Gasteiger partial charge < -0.3 is 14.4 Å². The molecule has 0 spiro atoms. The van der Waals surface area contributed by atoms with Crippen molar-refractivity contribution in [2.45, 2.75) is 25.7 Å². The average molecular weight is 339 g/mol. The minimum atomic E-state index is 0.644. The largest absolute Gasteiger partial charge is 0.497 e. The molecule has 0 aliphatic carbocycles. The number of hydrogen-bond acceptors (Lipinski definition) is 3. The highest BCUT2D eigenvalue weighted by molar-refractivity contribution is 5.35. The van der Waals surface area contributed by atoms with E-state index < -0.39 is 0 Å². The van der Waals surface area contributed by atoms with Crippen LogP contribution in [0.5, 0.6) is 11.5 Å². The lowest BCUT2D eigenvalue weighted by Crippen LogP contribution is -2.34. The lowest BCUT2D eigenvalue weighted by atomic mass is 9.99. The Balaban J connectivity index is 1.58. The number of rotatable bonds is 7. The zero-order valence-corrected chi connectivity index (χ0v) is 15.4. The van der Waals surface area contributed by atoms with Crippen molar-refractivity contribution in [1.29, 1.82) is 0 Å². The quantitative estimate of drug-likeness (QED) is 0.754. The van der Waals surface area contributed by atoms with Gasteiger partial charge in [0.05, 0.1) is 13.7 Å². The van der Waals surface area contributed by atoms with Gasteiger partial charge in [-0.25, -0.2) is 0 Å². The van der Waals surface area contributed by atoms with Crippen molar-refractivity contribution in [3.8, 4) is 11.5 Å². The first-order valence-electron chi connectivity index (χ1n) is 9.27. The van der Waals surface area contributed by atoms with Gasteiger partial charge in [-0.3, -0.25) is 0 Å². The van der Waals surface area contributed by atoms with Crippen molar-refractivity contribution >= 4 is 0 Å². The minimum Gasteiger partial charge on any atom is -0.497 e. The molecular formula is C22H29NO2. The van der Waals surface area contributed by atoms with Gasteiger partial charge in [-0.1, -0.05) is 30.3 Å². The van der Waals surface area contributed by atoms with E-state index in [0.29, 0.717) is 5.92 Å². The molecule has 0 N–H and O–H groups in total. The average Bonchev–Trinajstić information content (AvgIpc) is 2.65. The fraction of sp³-hybridized carbons (Fsp3) is 0.455. The van der Waals surface area contributed by atoms with Gasteiger partial charge in [0.2, 0.25) is 0 Å². The molecule has 1 aliphatic rings. The lowest BCUT2D eigenvalue weighted by molar-refractivity contribution is 0.150. The Kier molecular flexibility index (Phi) is 6.35. The molecule has 134 valence electrons. The van der Waals surface area contributed by atoms with Crippen molar-refractivity contribution in [1.82, 2.24) is 4.90 Å². The molecule has 3 nitrogen and oxygen atoms in total. The molecule has 1 aliphatic heterocycles. The molecule has 0 bridgehead atoms. The van der Waals surface area contributed by atoms with Crippen molar-refractivity contribution in [2.24, 2.45) is 5.92 Å². The Morgan fingerprint density at radius 3 is 2.80 bits per heavy atom. The van der Waals surface area contributed by atoms with Crippen LogP contribution in [-0.2, 0) is 12.8 Å². The Labute approximate surface area is 151 Å². The van der Waals surface area contributed by atoms with E-state index in [0.717, 1.165) is 37.5 Å². The normalized spacial score (nSPS) is 18.1. The third-order valence-corrected chi connectivity index (χ3v) is 4.99. The Hall–Kier alpha value is -2.00. The highest BCUT2D eigenvalue weighted by Gasteiger charge is 2.18. The van der Waals surface area contributed by atoms with Crippen LogP contribution in [0.4, 0.5) is 0 Å². The van der Waals surface area contributed by atoms with Crippen LogP contribution in [0.3, 0.4) is 0 Å². The van der Waals surface area contributed by atoms with Crippen molar-refractivity contribution < 1.29 is 9.47 Å². The molecule has 2 aromatic carbocycles. The number of likely N-dealkylation sites (tertiary alicyclic amines) is 1. The van der Waals surface area contributed by atoms with E-state index >= 15 is 0 Å². The fourth-order valence-electron chi connectivity index (χ4n) is 3.58. The third kappa shape index (κ3) is 5.23. The molecule has 2 aromatic rings. The summed E-state index contributed by atoms with van der Waals surface area (Å²) in [4.78, 5) is 2.41. The number of hydrogen-bond donors (Lipinski definition) is 0. The number of ether oxygens (including phenoxy) is 2. The van der Waals surface area contributed by atoms with Gasteiger partial charge in [0, 0.05) is 12.5 Å². The van der Waals surface area contributed by atoms with Gasteiger partial charge in [-0.05, 0) is 68.6 Å². The van der Waals surface area contributed by atoms with Gasteiger partial charge in [0.15, 0.2) is 0 Å². The second kappa shape index (κ2) is 8.91. The summed E-state index contributed by atoms with van der Waals surface area (Å²) in [5, 5.41) is 0. The summed E-state index contributed by atoms with van der Waals surface area (Å²) in [6, 6.07) is 16.8. The van der Waals surface area contributed by atoms with E-state index in [2.05, 4.69) is 54.4 Å². The van der Waals surface area contributed by atoms with Crippen LogP contribution in [-0.4, -0.2) is 38.8 Å². The van der Waals surface area contributed by atoms with E-state index in [1.54, 1.807) is 7.11 Å². The molecule has 1 fully saturated rings. The maximum atomic E-state index is 6.21. The SMILES string of the molecule is COc1cccc(CCc2ccccc2OC[C@H]2CCCN(C)C2)c1. The molecule has 0 saturated carbocycles. The van der Waals surface area contributed by atoms with Gasteiger partial charge in [0.1, 0.15) is 11.5 Å². The van der Waals surface area contributed by atoms with E-state index in [1.807, 2.05) is 6.07 Å². The summed E-state index contributed by atoms with van der Waals surface area (Å²) < 4.78 is 11.5. The topological polar surface area (TPSA) is 21.7 Å². The Morgan fingerprint density at radius 1 is 1.08 bits per heavy atom. The maximum Gasteiger partial charge on any atom is 0.122 e. The molecule has 0 amide bonds. The molecular weight excluding hydrogens is 310 g/mol. The standard InChI is InChI=1S/C22H29NO2/c1-23-14-6-8-19(16-23)17-25-22-11-4-3-9-20(22)13-12-18-7-5-10-21(15-18)24-2/h3-5,7,9-11,15,19H,6,8,12-14,16-17H2,1-2H3/t19-/m0/s1. The maximum absolute atomic E-state index is 6.21. The molecule has 3 heteroatoms. The zero-order chi connectivity index (χ0) is 17.5. The first-order valence-corrected chi connectivity index (χ1v) is 9.27. The highest BCUT2D eigenvalue weighted by Crippen LogP contribution is 2.23. The molecule has 1 saturated heterocycles. The monoisotopic (exact) mass is 339 g/mol. The first kappa shape index (κ1) is 17.8. The second-order valence-electron chi connectivity index (χ2n) is 7.04. The van der Waals surface area contributed by atoms with Gasteiger partial charge >= 0.3 is 0 Å². The molecule has 0 unspecified atom stereocenters. The second-order valence-corrected chi connectivity index (χ2v) is 7.04. The molecule has 1 atom stereocenters. The summed E-state index contributed by atoms with van der Waals surface area (Å²) >= 11 is 0. The van der Waals surface area contributed by atoms with Crippen LogP contribution in [0.1, 0.15) is 24.0 Å². The van der Waals surface area contributed by atoms with E-state index in [4.69, 9.17) is 9.47 Å². The lowest BCUT2D eigenvalue weighted by Gasteiger charge is -2.29. The number of methoxy groups -OCH3 is 1. The summed E-state index contributed by atoms with van der Waals surface area (Å²) in [6.07, 6.45) is 4.52. The molecule has 25 heavy (non-hydrogen) atoms. The molecule has 0 aromatic heterocycles. The number of piperidine rings is 1. The van der Waals surface area contributed by atoms with E-state index in [-0.39, 0.29) is 0 Å². The summed E-state index contributed by atoms with van der Waals surface area (Å²) in [5.41, 5.74) is 2.58. The number of benzene rings is 2. The van der Waals surface area contributed by atoms with Crippen molar-refractivity contribution in [3.05, 3.63) is 59.7 Å². The summed E-state index contributed by atoms with van der Waals surface area (Å²) in [6.45, 7) is 3.18. The van der Waals surface area contributed by atoms with Gasteiger partial charge in [0.25, 0.3) is 0 Å². The highest BCUT2D eigenvalue weighted by atomic mass is 16.5. The van der Waals surface area contributed by atoms with Crippen LogP contribution < -0.4 is 9.47 Å². The van der Waals surface area contributed by atoms with Crippen LogP contribution >= 0.6 is 0 Å². The Bertz CT molecular complexity index is 671. The predicted octanol–water partition coefficient (Wildman–Crippen LogP) is 4.20. The smallest absolute Gasteiger partial charge is 0.122 e. The molecule has 1 heterocycles. The number of nitrogens with zero attached hydrogens (tertiary/aromatic N) is 1. The van der Waals surface area contributed by atoms with E-state index in [9.17, 15) is 0 Å². The van der Waals surface area contributed by atoms with E-state index in [1.165, 1.54) is 30.5 Å². The summed E-state index contributed by atoms with van der Waals surface area (Å²) in [7, 11) is 3.92. The van der Waals surface area contributed by atoms with Gasteiger partial charge in [-0.15, -0.1) is 0 Å². The summed E-state index contributed by atoms with van der Waals surface area (Å²) in [5.74, 6) is 2.60. The van der Waals surface area contributed by atoms with Crippen LogP contribution in [0.2, 0.25) is 0 Å². The third-order valence-electron chi connectivity index (χ3n) is 4.99. The zero-order valence-electron chi connectivity index (χ0n) is 15.4. The number of aryl methyl sites for hydroxylation is 2. The fourth-order valence-corrected chi connectivity index (χ4v) is 3.58. The van der Waals surface area contributed by atoms with Crippen molar-refractivity contribution in [2.75, 3.05) is 33.9 Å². The Morgan fingerprint density at radius 2 is 1.96 bits per heavy atom. The van der Waals surface area contributed by atoms with Crippen LogP contribution in [0.25, 0.3) is 0 Å². The predicted molar refractivity (Wildman–Crippen MR) is 103 cm³/mol. The minimum absolute atomic E-state index is 0.644. The van der Waals surface area contributed by atoms with Crippen LogP contribution in [0, 0.1) is 5.92 Å². The molecule has 3 rings (SSSR count). The molecule has 0 radical (unpaired) electrons. The first-order chi connectivity index (χ1) is 12.2.